The second-order valence-corrected chi connectivity index (χ2v) is 4.12. The molecular formula is C13H18N2O4. The lowest BCUT2D eigenvalue weighted by Gasteiger charge is -2.12. The highest BCUT2D eigenvalue weighted by atomic mass is 16.5. The van der Waals surface area contributed by atoms with Gasteiger partial charge in [0.2, 0.25) is 5.91 Å². The summed E-state index contributed by atoms with van der Waals surface area (Å²) >= 11 is 0. The van der Waals surface area contributed by atoms with E-state index in [1.54, 1.807) is 26.0 Å². The number of nitrogens with two attached hydrogens (primary N) is 1. The highest BCUT2D eigenvalue weighted by Crippen LogP contribution is 2.26. The molecule has 1 rings (SSSR count). The van der Waals surface area contributed by atoms with Crippen molar-refractivity contribution in [2.75, 3.05) is 19.0 Å². The lowest BCUT2D eigenvalue weighted by atomic mass is 10.2. The summed E-state index contributed by atoms with van der Waals surface area (Å²) in [6, 6.07) is 4.64. The van der Waals surface area contributed by atoms with Crippen LogP contribution in [-0.2, 0) is 9.53 Å². The molecule has 1 aromatic carbocycles. The maximum atomic E-state index is 11.7. The molecule has 0 unspecified atom stereocenters. The first-order valence-electron chi connectivity index (χ1n) is 5.86. The van der Waals surface area contributed by atoms with Crippen molar-refractivity contribution >= 4 is 17.6 Å². The summed E-state index contributed by atoms with van der Waals surface area (Å²) in [5.41, 5.74) is 6.03. The summed E-state index contributed by atoms with van der Waals surface area (Å²) in [6.07, 6.45) is -0.199. The van der Waals surface area contributed by atoms with Crippen LogP contribution in [0.15, 0.2) is 18.2 Å². The minimum absolute atomic E-state index is 0.125. The topological polar surface area (TPSA) is 90.6 Å². The molecule has 0 aliphatic carbocycles. The number of carbonyl (C=O) groups is 2. The smallest absolute Gasteiger partial charge is 0.338 e. The summed E-state index contributed by atoms with van der Waals surface area (Å²) in [7, 11) is 1.45. The van der Waals surface area contributed by atoms with Gasteiger partial charge in [-0.05, 0) is 32.0 Å². The average Bonchev–Trinajstić information content (AvgIpc) is 2.38. The van der Waals surface area contributed by atoms with Crippen molar-refractivity contribution in [3.8, 4) is 5.75 Å². The number of esters is 1. The van der Waals surface area contributed by atoms with Crippen molar-refractivity contribution in [3.05, 3.63) is 23.8 Å². The number of nitrogens with one attached hydrogen (secondary N) is 1. The molecule has 0 fully saturated rings. The SMILES string of the molecule is COc1cc(C(=O)OC(C)C)ccc1NC(=O)CN. The largest absolute Gasteiger partial charge is 0.495 e. The minimum Gasteiger partial charge on any atom is -0.495 e. The van der Waals surface area contributed by atoms with Crippen LogP contribution in [0.1, 0.15) is 24.2 Å². The summed E-state index contributed by atoms with van der Waals surface area (Å²) in [4.78, 5) is 23.0. The fourth-order valence-corrected chi connectivity index (χ4v) is 1.40. The van der Waals surface area contributed by atoms with Gasteiger partial charge in [0, 0.05) is 0 Å². The maximum absolute atomic E-state index is 11.7. The van der Waals surface area contributed by atoms with Crippen LogP contribution in [0.2, 0.25) is 0 Å². The van der Waals surface area contributed by atoms with E-state index in [1.807, 2.05) is 0 Å². The van der Waals surface area contributed by atoms with Crippen LogP contribution >= 0.6 is 0 Å². The fraction of sp³-hybridized carbons (Fsp3) is 0.385. The third-order valence-corrected chi connectivity index (χ3v) is 2.24. The Morgan fingerprint density at radius 3 is 2.58 bits per heavy atom. The van der Waals surface area contributed by atoms with Gasteiger partial charge in [0.15, 0.2) is 0 Å². The Hall–Kier alpha value is -2.08. The van der Waals surface area contributed by atoms with Crippen LogP contribution in [0.3, 0.4) is 0 Å². The Labute approximate surface area is 111 Å². The zero-order valence-electron chi connectivity index (χ0n) is 11.2. The monoisotopic (exact) mass is 266 g/mol. The predicted octanol–water partition coefficient (Wildman–Crippen LogP) is 1.16. The molecule has 0 spiro atoms. The zero-order valence-corrected chi connectivity index (χ0v) is 11.2. The van der Waals surface area contributed by atoms with Gasteiger partial charge >= 0.3 is 5.97 Å². The average molecular weight is 266 g/mol. The van der Waals surface area contributed by atoms with Gasteiger partial charge in [0.05, 0.1) is 31.0 Å². The number of amides is 1. The van der Waals surface area contributed by atoms with E-state index < -0.39 is 5.97 Å². The molecule has 19 heavy (non-hydrogen) atoms. The van der Waals surface area contributed by atoms with E-state index in [0.717, 1.165) is 0 Å². The summed E-state index contributed by atoms with van der Waals surface area (Å²) in [6.45, 7) is 3.41. The third-order valence-electron chi connectivity index (χ3n) is 2.24. The Morgan fingerprint density at radius 2 is 2.05 bits per heavy atom. The molecule has 0 saturated heterocycles. The lowest BCUT2D eigenvalue weighted by molar-refractivity contribution is -0.114. The van der Waals surface area contributed by atoms with Gasteiger partial charge in [-0.3, -0.25) is 4.79 Å². The Balaban J connectivity index is 2.95. The van der Waals surface area contributed by atoms with E-state index in [4.69, 9.17) is 15.2 Å². The number of rotatable bonds is 5. The molecular weight excluding hydrogens is 248 g/mol. The second-order valence-electron chi connectivity index (χ2n) is 4.12. The van der Waals surface area contributed by atoms with E-state index in [-0.39, 0.29) is 18.6 Å². The van der Waals surface area contributed by atoms with Crippen LogP contribution in [0.25, 0.3) is 0 Å². The molecule has 1 amide bonds. The third kappa shape index (κ3) is 4.26. The first kappa shape index (κ1) is 15.0. The van der Waals surface area contributed by atoms with Gasteiger partial charge in [-0.1, -0.05) is 0 Å². The second kappa shape index (κ2) is 6.75. The molecule has 0 bridgehead atoms. The molecule has 0 aliphatic rings. The number of carbonyl (C=O) groups excluding carboxylic acids is 2. The Kier molecular flexibility index (Phi) is 5.32. The van der Waals surface area contributed by atoms with Crippen molar-refractivity contribution in [2.24, 2.45) is 5.73 Å². The number of methoxy groups -OCH3 is 1. The molecule has 6 nitrogen and oxygen atoms in total. The number of hydrogen-bond acceptors (Lipinski definition) is 5. The van der Waals surface area contributed by atoms with Gasteiger partial charge in [-0.25, -0.2) is 4.79 Å². The molecule has 0 aromatic heterocycles. The van der Waals surface area contributed by atoms with Gasteiger partial charge in [-0.2, -0.15) is 0 Å². The maximum Gasteiger partial charge on any atom is 0.338 e. The molecule has 1 aromatic rings. The van der Waals surface area contributed by atoms with E-state index in [2.05, 4.69) is 5.32 Å². The van der Waals surface area contributed by atoms with Crippen molar-refractivity contribution in [1.82, 2.24) is 0 Å². The van der Waals surface area contributed by atoms with Gasteiger partial charge in [0.1, 0.15) is 5.75 Å². The summed E-state index contributed by atoms with van der Waals surface area (Å²) in [5.74, 6) is -0.402. The minimum atomic E-state index is -0.440. The van der Waals surface area contributed by atoms with Crippen LogP contribution in [0.5, 0.6) is 5.75 Å². The normalized spacial score (nSPS) is 10.2. The highest BCUT2D eigenvalue weighted by molar-refractivity contribution is 5.95. The Bertz CT molecular complexity index is 472. The molecule has 6 heteroatoms. The molecule has 0 heterocycles. The molecule has 3 N–H and O–H groups in total. The van der Waals surface area contributed by atoms with Gasteiger partial charge < -0.3 is 20.5 Å². The van der Waals surface area contributed by atoms with Crippen LogP contribution in [0, 0.1) is 0 Å². The van der Waals surface area contributed by atoms with Gasteiger partial charge in [0.25, 0.3) is 0 Å². The van der Waals surface area contributed by atoms with Crippen molar-refractivity contribution in [3.63, 3.8) is 0 Å². The van der Waals surface area contributed by atoms with Crippen LogP contribution < -0.4 is 15.8 Å². The molecule has 0 saturated carbocycles. The van der Waals surface area contributed by atoms with E-state index >= 15 is 0 Å². The van der Waals surface area contributed by atoms with Gasteiger partial charge in [-0.15, -0.1) is 0 Å². The molecule has 0 atom stereocenters. The number of hydrogen-bond donors (Lipinski definition) is 2. The lowest BCUT2D eigenvalue weighted by Crippen LogP contribution is -2.22. The van der Waals surface area contributed by atoms with Crippen molar-refractivity contribution in [1.29, 1.82) is 0 Å². The number of benzene rings is 1. The predicted molar refractivity (Wildman–Crippen MR) is 71.2 cm³/mol. The molecule has 0 radical (unpaired) electrons. The Morgan fingerprint density at radius 1 is 1.37 bits per heavy atom. The van der Waals surface area contributed by atoms with Crippen molar-refractivity contribution in [2.45, 2.75) is 20.0 Å². The number of anilines is 1. The highest BCUT2D eigenvalue weighted by Gasteiger charge is 2.13. The quantitative estimate of drug-likeness (QED) is 0.780. The van der Waals surface area contributed by atoms with Crippen LogP contribution in [-0.4, -0.2) is 31.6 Å². The summed E-state index contributed by atoms with van der Waals surface area (Å²) in [5, 5.41) is 2.58. The first-order chi connectivity index (χ1) is 8.97. The van der Waals surface area contributed by atoms with E-state index in [9.17, 15) is 9.59 Å². The molecule has 104 valence electrons. The number of ether oxygens (including phenoxy) is 2. The van der Waals surface area contributed by atoms with Crippen molar-refractivity contribution < 1.29 is 19.1 Å². The summed E-state index contributed by atoms with van der Waals surface area (Å²) < 4.78 is 10.2. The van der Waals surface area contributed by atoms with E-state index in [0.29, 0.717) is 17.0 Å². The fourth-order valence-electron chi connectivity index (χ4n) is 1.40. The van der Waals surface area contributed by atoms with E-state index in [1.165, 1.54) is 13.2 Å². The standard InChI is InChI=1S/C13H18N2O4/c1-8(2)19-13(17)9-4-5-10(11(6-9)18-3)15-12(16)7-14/h4-6,8H,7,14H2,1-3H3,(H,15,16). The molecule has 0 aliphatic heterocycles. The first-order valence-corrected chi connectivity index (χ1v) is 5.86. The zero-order chi connectivity index (χ0) is 14.4. The van der Waals surface area contributed by atoms with Crippen LogP contribution in [0.4, 0.5) is 5.69 Å².